The third kappa shape index (κ3) is 27.4. The first-order valence-corrected chi connectivity index (χ1v) is 51.4. The molecule has 9 unspecified atom stereocenters. The number of likely N-dealkylation sites (N-methyl/N-ethyl adjacent to an activating group) is 2. The van der Waals surface area contributed by atoms with Crippen LogP contribution in [0.1, 0.15) is 157 Å². The van der Waals surface area contributed by atoms with Crippen molar-refractivity contribution < 1.29 is 142 Å². The summed E-state index contributed by atoms with van der Waals surface area (Å²) in [6, 6.07) is -2.51. The molecule has 0 spiro atoms. The lowest BCUT2D eigenvalue weighted by Gasteiger charge is -2.35. The van der Waals surface area contributed by atoms with Crippen molar-refractivity contribution in [2.75, 3.05) is 92.1 Å². The number of rotatable bonds is 47. The number of hydrogen-bond acceptors (Lipinski definition) is 35. The van der Waals surface area contributed by atoms with Gasteiger partial charge in [-0.2, -0.15) is 85.1 Å². The van der Waals surface area contributed by atoms with Gasteiger partial charge in [-0.25, -0.2) is 0 Å². The second-order valence-electron chi connectivity index (χ2n) is 37.8. The maximum atomic E-state index is 13.5. The molecule has 5 aliphatic heterocycles. The fourth-order valence-electron chi connectivity index (χ4n) is 18.1. The van der Waals surface area contributed by atoms with E-state index in [1.807, 2.05) is 13.8 Å². The van der Waals surface area contributed by atoms with E-state index in [0.29, 0.717) is 109 Å². The van der Waals surface area contributed by atoms with Gasteiger partial charge < -0.3 is 133 Å². The fourth-order valence-corrected chi connectivity index (χ4v) is 27.9. The Kier molecular flexibility index (Phi) is 39.2. The molecular weight excluding hydrogens is 1820 g/mol. The molecule has 0 bridgehead atoms. The summed E-state index contributed by atoms with van der Waals surface area (Å²) >= 11 is 0. The number of nitrogens with two attached hydrogens (primary N) is 10. The van der Waals surface area contributed by atoms with Gasteiger partial charge in [-0.05, 0) is 148 Å². The summed E-state index contributed by atoms with van der Waals surface area (Å²) in [5.74, 6) is -9.01. The van der Waals surface area contributed by atoms with Gasteiger partial charge in [0.1, 0.15) is 27.7 Å². The van der Waals surface area contributed by atoms with E-state index in [1.165, 1.54) is 32.9 Å². The molecule has 0 aromatic heterocycles. The summed E-state index contributed by atoms with van der Waals surface area (Å²) in [6.07, 6.45) is 10.0. The van der Waals surface area contributed by atoms with Crippen LogP contribution in [0.2, 0.25) is 31.6 Å². The van der Waals surface area contributed by atoms with Crippen LogP contribution in [-0.4, -0.2) is 412 Å². The van der Waals surface area contributed by atoms with Crippen molar-refractivity contribution in [2.24, 2.45) is 92.8 Å². The quantitative estimate of drug-likeness (QED) is 0.0252. The number of carboxylic acids is 5. The Labute approximate surface area is 764 Å². The molecule has 11 rings (SSSR count). The van der Waals surface area contributed by atoms with Crippen LogP contribution in [0.4, 0.5) is 0 Å². The minimum atomic E-state index is -3.93. The SMILES string of the molecule is CC(C)N(C1CC1N)S(=O)(=O)N1C[C@H](CCCB(O)O)[C@](N)(C(=O)O)C1.CC(N(CC1CC1)S(=O)(=O)N1C[C@H](CCCB(O)O)[C@](N)(C(=O)O)C1)C1(N)CC1.CCCN(C1CC1N)S(=O)(=O)N1C[C@H](CCCB(O)O)[C@](N)(C(=O)O)C1.CCN(C1CC1N)S(=O)(=O)N1C[C@H](CCCB(O)O)[C@](N)(C(=O)O)C1.CN(C1CC1N)S(=O)(=O)N1C[C@H](CCCB(O)O)[C@](N)(C(=O)O)C1. The molecule has 130 heavy (non-hydrogen) atoms. The number of aliphatic carboxylic acids is 5. The Morgan fingerprint density at radius 1 is 0.392 bits per heavy atom. The Hall–Kier alpha value is -3.78. The van der Waals surface area contributed by atoms with Gasteiger partial charge in [0, 0.05) is 188 Å². The minimum Gasteiger partial charge on any atom is -0.480 e. The molecule has 0 radical (unpaired) electrons. The third-order valence-corrected chi connectivity index (χ3v) is 37.5. The summed E-state index contributed by atoms with van der Waals surface area (Å²) in [5.41, 5.74) is 50.8. The zero-order chi connectivity index (χ0) is 98.4. The molecule has 0 amide bonds. The lowest BCUT2D eigenvalue weighted by molar-refractivity contribution is -0.145. The van der Waals surface area contributed by atoms with Crippen LogP contribution in [0.5, 0.6) is 0 Å². The Bertz CT molecular complexity index is 4440. The van der Waals surface area contributed by atoms with Crippen molar-refractivity contribution in [2.45, 2.75) is 282 Å². The van der Waals surface area contributed by atoms with Gasteiger partial charge >= 0.3 is 65.4 Å². The highest BCUT2D eigenvalue weighted by atomic mass is 32.2. The van der Waals surface area contributed by atoms with Crippen molar-refractivity contribution >= 4 is 116 Å². The van der Waals surface area contributed by atoms with Crippen LogP contribution in [-0.2, 0) is 75.0 Å². The van der Waals surface area contributed by atoms with Crippen LogP contribution in [0.3, 0.4) is 0 Å². The molecule has 50 nitrogen and oxygen atoms in total. The predicted molar refractivity (Wildman–Crippen MR) is 479 cm³/mol. The van der Waals surface area contributed by atoms with Crippen LogP contribution >= 0.6 is 0 Å². The van der Waals surface area contributed by atoms with E-state index in [4.69, 9.17) is 108 Å². The van der Waals surface area contributed by atoms with E-state index in [2.05, 4.69) is 0 Å². The predicted octanol–water partition coefficient (Wildman–Crippen LogP) is -10.3. The van der Waals surface area contributed by atoms with Crippen molar-refractivity contribution in [1.29, 1.82) is 0 Å². The zero-order valence-corrected chi connectivity index (χ0v) is 79.0. The second-order valence-corrected chi connectivity index (χ2v) is 47.3. The van der Waals surface area contributed by atoms with E-state index >= 15 is 0 Å². The first-order valence-electron chi connectivity index (χ1n) is 44.4. The van der Waals surface area contributed by atoms with E-state index in [9.17, 15) is 91.6 Å². The van der Waals surface area contributed by atoms with Gasteiger partial charge in [0.25, 0.3) is 51.0 Å². The summed E-state index contributed by atoms with van der Waals surface area (Å²) in [6.45, 7) is 8.29. The van der Waals surface area contributed by atoms with E-state index in [-0.39, 0.29) is 170 Å². The van der Waals surface area contributed by atoms with Crippen molar-refractivity contribution in [3.8, 4) is 0 Å². The average molecular weight is 1960 g/mol. The highest BCUT2D eigenvalue weighted by Gasteiger charge is 2.62. The van der Waals surface area contributed by atoms with Crippen molar-refractivity contribution in [1.82, 2.24) is 43.1 Å². The Morgan fingerprint density at radius 2 is 0.646 bits per heavy atom. The van der Waals surface area contributed by atoms with Crippen LogP contribution < -0.4 is 57.3 Å². The molecule has 0 aromatic rings. The van der Waals surface area contributed by atoms with Gasteiger partial charge in [-0.1, -0.05) is 46.0 Å². The van der Waals surface area contributed by atoms with E-state index < -0.39 is 179 Å². The van der Waals surface area contributed by atoms with Crippen LogP contribution in [0, 0.1) is 35.5 Å². The Morgan fingerprint density at radius 3 is 0.877 bits per heavy atom. The normalized spacial score (nSPS) is 32.3. The molecule has 5 saturated heterocycles. The summed E-state index contributed by atoms with van der Waals surface area (Å²) < 4.78 is 143. The van der Waals surface area contributed by atoms with E-state index in [1.54, 1.807) is 20.8 Å². The molecule has 35 N–H and O–H groups in total. The number of carboxylic acid groups (broad SMARTS) is 5. The second kappa shape index (κ2) is 45.0. The minimum absolute atomic E-state index is 0.00187. The molecule has 6 aliphatic carbocycles. The third-order valence-electron chi connectivity index (χ3n) is 27.4. The standard InChI is InChI=1S/C17H33BN4O6S.2C14H29BN4O6S.C13H27BN4O6S.C12H25BN4O6S/c1-12(16(19)6-7-16)22(9-13-4-5-13)29(27,28)21-10-14(3-2-8-18(25)26)17(20,11-21)15(23)24;1-9(2)19(12-6-11(12)16)26(24,25)18-7-10(4-3-5-15(22)23)14(17,8-18)13(20)21;1-2-6-19(12-7-11(12)16)26(24,25)18-8-10(4-3-5-15(22)23)14(17,9-18)13(20)21;1-2-18(11-6-10(11)15)25(23,24)17-7-9(4-3-5-14(21)22)13(16,8-17)12(19)20;1-16(10-5-9(10)14)24(22,23)17-6-8(3-2-4-13(20)21)12(15,7-17)11(18)19/h12-14,25-26H,2-11,19-20H2,1H3,(H,23,24);9-12,22-23H,3-8,16-17H2,1-2H3,(H,20,21);10-12,22-23H,2-9,16-17H2,1H3,(H,20,21);9-11,21-22H,2-8,15-16H2,1H3,(H,19,20);8-10,20-21H,2-7,14-15H2,1H3,(H,18,19)/t12?,14-,17-;2*10-,11?,12?,14-;9-,10?,11?,13-;8-,9?,10?,12-/m00000/s1. The largest absolute Gasteiger partial charge is 0.480 e. The molecule has 11 aliphatic rings. The van der Waals surface area contributed by atoms with Gasteiger partial charge in [-0.15, -0.1) is 0 Å². The number of carbonyl (C=O) groups is 5. The molecule has 19 atom stereocenters. The van der Waals surface area contributed by atoms with Gasteiger partial charge in [0.2, 0.25) is 0 Å². The van der Waals surface area contributed by atoms with E-state index in [0.717, 1.165) is 42.9 Å². The molecule has 0 aromatic carbocycles. The van der Waals surface area contributed by atoms with Gasteiger partial charge in [0.05, 0.1) is 0 Å². The maximum absolute atomic E-state index is 13.5. The first kappa shape index (κ1) is 113. The maximum Gasteiger partial charge on any atom is 0.451 e. The van der Waals surface area contributed by atoms with Crippen molar-refractivity contribution in [3.63, 3.8) is 0 Å². The molecular formula is C70H143B5N20O30S5. The molecule has 748 valence electrons. The van der Waals surface area contributed by atoms with Gasteiger partial charge in [0.15, 0.2) is 0 Å². The zero-order valence-electron chi connectivity index (χ0n) is 74.9. The lowest BCUT2D eigenvalue weighted by atomic mass is 9.78. The first-order chi connectivity index (χ1) is 59.9. The van der Waals surface area contributed by atoms with Gasteiger partial charge in [-0.3, -0.25) is 24.0 Å². The number of nitrogens with zero attached hydrogens (tertiary/aromatic N) is 10. The highest BCUT2D eigenvalue weighted by molar-refractivity contribution is 7.88. The summed E-state index contributed by atoms with van der Waals surface area (Å²) in [5, 5.41) is 137. The summed E-state index contributed by atoms with van der Waals surface area (Å²) in [7, 11) is -25.4. The molecule has 60 heteroatoms. The lowest BCUT2D eigenvalue weighted by Crippen LogP contribution is -2.57. The van der Waals surface area contributed by atoms with Crippen LogP contribution in [0.15, 0.2) is 0 Å². The van der Waals surface area contributed by atoms with Crippen molar-refractivity contribution in [3.05, 3.63) is 0 Å². The molecule has 6 saturated carbocycles. The summed E-state index contributed by atoms with van der Waals surface area (Å²) in [4.78, 5) is 58.6. The topological polar surface area (TPSA) is 852 Å². The Balaban J connectivity index is 0.000000223. The smallest absolute Gasteiger partial charge is 0.451 e. The van der Waals surface area contributed by atoms with Crippen LogP contribution in [0.25, 0.3) is 0 Å². The molecule has 11 fully saturated rings. The average Bonchev–Trinajstić information content (AvgIpc) is 1.61. The monoisotopic (exact) mass is 1960 g/mol. The number of hydrogen-bond donors (Lipinski definition) is 25. The fraction of sp³-hybridized carbons (Fsp3) is 0.929. The molecule has 5 heterocycles. The highest BCUT2D eigenvalue weighted by Crippen LogP contribution is 2.46.